The van der Waals surface area contributed by atoms with E-state index in [1.807, 2.05) is 23.6 Å². The zero-order valence-corrected chi connectivity index (χ0v) is 15.5. The van der Waals surface area contributed by atoms with E-state index in [0.717, 1.165) is 11.3 Å². The van der Waals surface area contributed by atoms with Crippen molar-refractivity contribution < 1.29 is 9.59 Å². The van der Waals surface area contributed by atoms with Crippen LogP contribution in [0.15, 0.2) is 47.0 Å². The van der Waals surface area contributed by atoms with Crippen molar-refractivity contribution in [1.82, 2.24) is 5.32 Å². The Morgan fingerprint density at radius 2 is 1.92 bits per heavy atom. The molecule has 0 fully saturated rings. The third-order valence-electron chi connectivity index (χ3n) is 4.82. The molecule has 1 aliphatic heterocycles. The van der Waals surface area contributed by atoms with Gasteiger partial charge in [-0.3, -0.25) is 9.59 Å². The van der Waals surface area contributed by atoms with Gasteiger partial charge in [-0.1, -0.05) is 35.3 Å². The van der Waals surface area contributed by atoms with Crippen LogP contribution in [0, 0.1) is 0 Å². The zero-order valence-electron chi connectivity index (χ0n) is 13.2. The number of hydrogen-bond acceptors (Lipinski definition) is 3. The Bertz CT molecular complexity index is 889. The number of allylic oxidation sites excluding steroid dienone is 2. The number of thiophene rings is 1. The number of hydrogen-bond donors (Lipinski definition) is 1. The maximum absolute atomic E-state index is 12.9. The molecule has 1 amide bonds. The van der Waals surface area contributed by atoms with Crippen molar-refractivity contribution in [2.24, 2.45) is 0 Å². The smallest absolute Gasteiger partial charge is 0.225 e. The Morgan fingerprint density at radius 3 is 2.64 bits per heavy atom. The minimum absolute atomic E-state index is 0.0746. The van der Waals surface area contributed by atoms with Gasteiger partial charge in [0.05, 0.1) is 0 Å². The number of amides is 1. The predicted molar refractivity (Wildman–Crippen MR) is 100 cm³/mol. The molecule has 1 N–H and O–H groups in total. The van der Waals surface area contributed by atoms with Crippen molar-refractivity contribution in [1.29, 1.82) is 0 Å². The minimum Gasteiger partial charge on any atom is -0.329 e. The summed E-state index contributed by atoms with van der Waals surface area (Å²) in [6, 6.07) is 9.26. The molecule has 1 aromatic carbocycles. The van der Waals surface area contributed by atoms with Crippen molar-refractivity contribution in [2.45, 2.75) is 31.1 Å². The van der Waals surface area contributed by atoms with Gasteiger partial charge < -0.3 is 5.32 Å². The first-order valence-electron chi connectivity index (χ1n) is 8.07. The zero-order chi connectivity index (χ0) is 17.6. The Balaban J connectivity index is 1.76. The molecule has 0 saturated heterocycles. The lowest BCUT2D eigenvalue weighted by Crippen LogP contribution is -2.38. The quantitative estimate of drug-likeness (QED) is 0.777. The Labute approximate surface area is 159 Å². The summed E-state index contributed by atoms with van der Waals surface area (Å²) in [5.41, 5.74) is 2.25. The molecule has 0 spiro atoms. The summed E-state index contributed by atoms with van der Waals surface area (Å²) in [6.45, 7) is 0. The molecular formula is C19H15Cl2NO2S. The third kappa shape index (κ3) is 3.14. The molecule has 0 bridgehead atoms. The van der Waals surface area contributed by atoms with Crippen LogP contribution in [0.25, 0.3) is 0 Å². The Morgan fingerprint density at radius 1 is 1.08 bits per heavy atom. The van der Waals surface area contributed by atoms with Crippen LogP contribution in [-0.4, -0.2) is 11.7 Å². The summed E-state index contributed by atoms with van der Waals surface area (Å²) in [7, 11) is 0. The van der Waals surface area contributed by atoms with Gasteiger partial charge in [0.15, 0.2) is 5.78 Å². The van der Waals surface area contributed by atoms with Crippen molar-refractivity contribution in [3.63, 3.8) is 0 Å². The number of halogens is 2. The maximum atomic E-state index is 12.9. The van der Waals surface area contributed by atoms with Gasteiger partial charge in [-0.2, -0.15) is 0 Å². The Kier molecular flexibility index (Phi) is 4.44. The molecule has 1 aromatic heterocycles. The van der Waals surface area contributed by atoms with Crippen LogP contribution in [0.3, 0.4) is 0 Å². The van der Waals surface area contributed by atoms with Gasteiger partial charge in [0.2, 0.25) is 5.91 Å². The van der Waals surface area contributed by atoms with E-state index in [4.69, 9.17) is 23.2 Å². The summed E-state index contributed by atoms with van der Waals surface area (Å²) in [6.07, 6.45) is 1.38. The number of nitrogens with one attached hydrogen (secondary N) is 1. The van der Waals surface area contributed by atoms with Gasteiger partial charge in [0, 0.05) is 50.9 Å². The number of benzene rings is 1. The highest BCUT2D eigenvalue weighted by molar-refractivity contribution is 7.10. The fourth-order valence-corrected chi connectivity index (χ4v) is 5.11. The van der Waals surface area contributed by atoms with Gasteiger partial charge in [-0.05, 0) is 35.6 Å². The molecule has 25 heavy (non-hydrogen) atoms. The number of Topliss-reactive ketones (excluding diaryl/α,β-unsaturated/α-hetero) is 1. The molecule has 2 aromatic rings. The van der Waals surface area contributed by atoms with Crippen LogP contribution in [0.1, 0.15) is 41.5 Å². The number of carbonyl (C=O) groups excluding carboxylic acids is 2. The third-order valence-corrected chi connectivity index (χ3v) is 6.42. The van der Waals surface area contributed by atoms with Gasteiger partial charge >= 0.3 is 0 Å². The van der Waals surface area contributed by atoms with Crippen molar-refractivity contribution in [2.75, 3.05) is 0 Å². The molecule has 0 saturated carbocycles. The number of ketones is 1. The minimum atomic E-state index is -0.301. The molecule has 128 valence electrons. The summed E-state index contributed by atoms with van der Waals surface area (Å²) < 4.78 is 0. The molecule has 2 atom stereocenters. The van der Waals surface area contributed by atoms with E-state index in [2.05, 4.69) is 5.32 Å². The van der Waals surface area contributed by atoms with Crippen LogP contribution < -0.4 is 5.32 Å². The maximum Gasteiger partial charge on any atom is 0.225 e. The summed E-state index contributed by atoms with van der Waals surface area (Å²) in [5.74, 6) is -0.152. The van der Waals surface area contributed by atoms with Crippen LogP contribution in [0.4, 0.5) is 0 Å². The first-order valence-corrected chi connectivity index (χ1v) is 9.71. The average Bonchev–Trinajstić information content (AvgIpc) is 3.08. The monoisotopic (exact) mass is 391 g/mol. The summed E-state index contributed by atoms with van der Waals surface area (Å²) in [5, 5.41) is 5.97. The highest BCUT2D eigenvalue weighted by Crippen LogP contribution is 2.44. The fourth-order valence-electron chi connectivity index (χ4n) is 3.73. The van der Waals surface area contributed by atoms with Gasteiger partial charge in [0.25, 0.3) is 0 Å². The SMILES string of the molecule is O=C1C[C@H](c2ccc(Cl)cc2Cl)C2=C(C[C@H](c3cccs3)CC2=O)N1. The van der Waals surface area contributed by atoms with Gasteiger partial charge in [0.1, 0.15) is 0 Å². The normalized spacial score (nSPS) is 23.4. The topological polar surface area (TPSA) is 46.2 Å². The van der Waals surface area contributed by atoms with E-state index in [0.29, 0.717) is 28.5 Å². The number of carbonyl (C=O) groups is 2. The molecule has 4 rings (SSSR count). The molecule has 2 aliphatic rings. The highest BCUT2D eigenvalue weighted by atomic mass is 35.5. The lowest BCUT2D eigenvalue weighted by Gasteiger charge is -2.34. The van der Waals surface area contributed by atoms with E-state index in [1.165, 1.54) is 4.88 Å². The second-order valence-electron chi connectivity index (χ2n) is 6.41. The van der Waals surface area contributed by atoms with E-state index in [9.17, 15) is 9.59 Å². The van der Waals surface area contributed by atoms with E-state index in [1.54, 1.807) is 23.5 Å². The lowest BCUT2D eigenvalue weighted by molar-refractivity contribution is -0.122. The molecule has 3 nitrogen and oxygen atoms in total. The Hall–Kier alpha value is -1.62. The van der Waals surface area contributed by atoms with E-state index >= 15 is 0 Å². The molecule has 0 radical (unpaired) electrons. The molecule has 2 heterocycles. The standard InChI is InChI=1S/C19H15Cl2NO2S/c20-11-3-4-12(14(21)8-11)13-9-18(24)22-15-6-10(7-16(23)19(13)15)17-2-1-5-25-17/h1-5,8,10,13H,6-7,9H2,(H,22,24)/t10-,13+/m0/s1. The molecule has 0 unspecified atom stereocenters. The summed E-state index contributed by atoms with van der Waals surface area (Å²) in [4.78, 5) is 26.4. The second-order valence-corrected chi connectivity index (χ2v) is 8.23. The van der Waals surface area contributed by atoms with Crippen LogP contribution >= 0.6 is 34.5 Å². The highest BCUT2D eigenvalue weighted by Gasteiger charge is 2.39. The second kappa shape index (κ2) is 6.60. The first-order chi connectivity index (χ1) is 12.0. The first kappa shape index (κ1) is 16.8. The average molecular weight is 392 g/mol. The van der Waals surface area contributed by atoms with Crippen molar-refractivity contribution in [3.8, 4) is 0 Å². The van der Waals surface area contributed by atoms with Crippen molar-refractivity contribution in [3.05, 3.63) is 67.5 Å². The summed E-state index contributed by atoms with van der Waals surface area (Å²) >= 11 is 14.0. The predicted octanol–water partition coefficient (Wildman–Crippen LogP) is 5.06. The fraction of sp³-hybridized carbons (Fsp3) is 0.263. The van der Waals surface area contributed by atoms with E-state index in [-0.39, 0.29) is 29.9 Å². The van der Waals surface area contributed by atoms with Gasteiger partial charge in [-0.15, -0.1) is 11.3 Å². The molecule has 1 aliphatic carbocycles. The van der Waals surface area contributed by atoms with Crippen LogP contribution in [0.5, 0.6) is 0 Å². The molecular weight excluding hydrogens is 377 g/mol. The lowest BCUT2D eigenvalue weighted by atomic mass is 9.74. The molecule has 6 heteroatoms. The largest absolute Gasteiger partial charge is 0.329 e. The number of rotatable bonds is 2. The van der Waals surface area contributed by atoms with Crippen molar-refractivity contribution >= 4 is 46.2 Å². The van der Waals surface area contributed by atoms with Gasteiger partial charge in [-0.25, -0.2) is 0 Å². The van der Waals surface area contributed by atoms with Crippen LogP contribution in [0.2, 0.25) is 10.0 Å². The van der Waals surface area contributed by atoms with E-state index < -0.39 is 0 Å². The van der Waals surface area contributed by atoms with Crippen LogP contribution in [-0.2, 0) is 9.59 Å².